The largest absolute Gasteiger partial charge is 0.383 e. The van der Waals surface area contributed by atoms with Crippen molar-refractivity contribution in [3.63, 3.8) is 0 Å². The Morgan fingerprint density at radius 3 is 2.63 bits per heavy atom. The van der Waals surface area contributed by atoms with E-state index in [2.05, 4.69) is 4.72 Å². The van der Waals surface area contributed by atoms with Gasteiger partial charge < -0.3 is 9.47 Å². The Hall–Kier alpha value is -1.02. The molecule has 1 aromatic carbocycles. The summed E-state index contributed by atoms with van der Waals surface area (Å²) in [7, 11) is -2.21. The Bertz CT molecular complexity index is 523. The quantitative estimate of drug-likeness (QED) is 0.875. The van der Waals surface area contributed by atoms with Crippen LogP contribution in [0.3, 0.4) is 0 Å². The van der Waals surface area contributed by atoms with Gasteiger partial charge in [-0.25, -0.2) is 17.5 Å². The Morgan fingerprint density at radius 2 is 2.11 bits per heavy atom. The van der Waals surface area contributed by atoms with E-state index in [0.29, 0.717) is 13.0 Å². The molecule has 7 heteroatoms. The van der Waals surface area contributed by atoms with E-state index in [0.717, 1.165) is 12.1 Å². The first-order valence-corrected chi connectivity index (χ1v) is 7.32. The molecule has 1 unspecified atom stereocenters. The molecule has 1 N–H and O–H groups in total. The summed E-state index contributed by atoms with van der Waals surface area (Å²) in [6.07, 6.45) is 0.543. The number of rotatable bonds is 5. The Labute approximate surface area is 111 Å². The second-order valence-corrected chi connectivity index (χ2v) is 6.26. The number of halogens is 1. The molecule has 0 amide bonds. The van der Waals surface area contributed by atoms with E-state index < -0.39 is 21.4 Å². The minimum absolute atomic E-state index is 0.0243. The summed E-state index contributed by atoms with van der Waals surface area (Å²) in [5, 5.41) is 0. The number of benzene rings is 1. The number of methoxy groups -OCH3 is 1. The van der Waals surface area contributed by atoms with Crippen LogP contribution in [-0.2, 0) is 19.5 Å². The zero-order valence-electron chi connectivity index (χ0n) is 10.6. The molecule has 0 aromatic heterocycles. The summed E-state index contributed by atoms with van der Waals surface area (Å²) in [6, 6.07) is 4.69. The third kappa shape index (κ3) is 3.30. The van der Waals surface area contributed by atoms with Crippen LogP contribution in [0.15, 0.2) is 29.2 Å². The van der Waals surface area contributed by atoms with Crippen molar-refractivity contribution in [1.82, 2.24) is 4.72 Å². The molecule has 0 aliphatic carbocycles. The topological polar surface area (TPSA) is 64.6 Å². The summed E-state index contributed by atoms with van der Waals surface area (Å²) < 4.78 is 50.2. The van der Waals surface area contributed by atoms with Gasteiger partial charge in [0.15, 0.2) is 0 Å². The third-order valence-corrected chi connectivity index (χ3v) is 4.59. The summed E-state index contributed by atoms with van der Waals surface area (Å²) in [4.78, 5) is 0.0243. The van der Waals surface area contributed by atoms with Crippen molar-refractivity contribution in [2.24, 2.45) is 0 Å². The second kappa shape index (κ2) is 5.54. The van der Waals surface area contributed by atoms with Gasteiger partial charge in [0.25, 0.3) is 0 Å². The van der Waals surface area contributed by atoms with E-state index in [1.54, 1.807) is 0 Å². The SMILES string of the molecule is COCC1(NS(=O)(=O)c2ccc(F)cc2)CCOC1. The fourth-order valence-electron chi connectivity index (χ4n) is 2.07. The van der Waals surface area contributed by atoms with Crippen LogP contribution in [0.1, 0.15) is 6.42 Å². The van der Waals surface area contributed by atoms with Crippen LogP contribution in [0.25, 0.3) is 0 Å². The number of hydrogen-bond acceptors (Lipinski definition) is 4. The van der Waals surface area contributed by atoms with Gasteiger partial charge in [0.2, 0.25) is 10.0 Å². The van der Waals surface area contributed by atoms with E-state index in [9.17, 15) is 12.8 Å². The molecule has 1 aliphatic heterocycles. The Balaban J connectivity index is 2.22. The minimum Gasteiger partial charge on any atom is -0.383 e. The molecule has 1 saturated heterocycles. The standard InChI is InChI=1S/C12H16FNO4S/c1-17-8-12(6-7-18-9-12)14-19(15,16)11-4-2-10(13)3-5-11/h2-5,14H,6-9H2,1H3. The van der Waals surface area contributed by atoms with E-state index >= 15 is 0 Å². The molecular weight excluding hydrogens is 273 g/mol. The highest BCUT2D eigenvalue weighted by atomic mass is 32.2. The molecule has 1 aromatic rings. The summed E-state index contributed by atoms with van der Waals surface area (Å²) in [5.41, 5.74) is -0.748. The van der Waals surface area contributed by atoms with Gasteiger partial charge in [-0.1, -0.05) is 0 Å². The minimum atomic E-state index is -3.72. The number of sulfonamides is 1. The molecule has 0 bridgehead atoms. The third-order valence-electron chi connectivity index (χ3n) is 3.00. The van der Waals surface area contributed by atoms with Crippen LogP contribution in [0.2, 0.25) is 0 Å². The fourth-order valence-corrected chi connectivity index (χ4v) is 3.47. The van der Waals surface area contributed by atoms with Crippen molar-refractivity contribution in [2.45, 2.75) is 16.9 Å². The van der Waals surface area contributed by atoms with Gasteiger partial charge in [-0.15, -0.1) is 0 Å². The van der Waals surface area contributed by atoms with E-state index in [4.69, 9.17) is 9.47 Å². The molecule has 1 fully saturated rings. The lowest BCUT2D eigenvalue weighted by molar-refractivity contribution is 0.102. The molecule has 106 valence electrons. The molecule has 0 radical (unpaired) electrons. The molecule has 19 heavy (non-hydrogen) atoms. The van der Waals surface area contributed by atoms with Crippen LogP contribution in [0.4, 0.5) is 4.39 Å². The molecule has 1 aliphatic rings. The number of hydrogen-bond donors (Lipinski definition) is 1. The van der Waals surface area contributed by atoms with Gasteiger partial charge in [-0.2, -0.15) is 0 Å². The highest BCUT2D eigenvalue weighted by Crippen LogP contribution is 2.22. The predicted molar refractivity (Wildman–Crippen MR) is 66.8 cm³/mol. The summed E-state index contributed by atoms with van der Waals surface area (Å²) >= 11 is 0. The summed E-state index contributed by atoms with van der Waals surface area (Å²) in [5.74, 6) is -0.477. The van der Waals surface area contributed by atoms with Gasteiger partial charge in [-0.05, 0) is 30.7 Å². The second-order valence-electron chi connectivity index (χ2n) is 4.58. The average molecular weight is 289 g/mol. The van der Waals surface area contributed by atoms with Crippen LogP contribution in [0, 0.1) is 5.82 Å². The monoisotopic (exact) mass is 289 g/mol. The van der Waals surface area contributed by atoms with Crippen LogP contribution in [-0.4, -0.2) is 40.9 Å². The van der Waals surface area contributed by atoms with Crippen molar-refractivity contribution < 1.29 is 22.3 Å². The first-order valence-electron chi connectivity index (χ1n) is 5.84. The van der Waals surface area contributed by atoms with Crippen LogP contribution < -0.4 is 4.72 Å². The van der Waals surface area contributed by atoms with Gasteiger partial charge in [0, 0.05) is 13.7 Å². The maximum atomic E-state index is 12.8. The van der Waals surface area contributed by atoms with Crippen molar-refractivity contribution in [3.05, 3.63) is 30.1 Å². The summed E-state index contributed by atoms with van der Waals surface area (Å²) in [6.45, 7) is 0.976. The zero-order chi connectivity index (χ0) is 13.9. The number of nitrogens with one attached hydrogen (secondary N) is 1. The van der Waals surface area contributed by atoms with Gasteiger partial charge >= 0.3 is 0 Å². The van der Waals surface area contributed by atoms with Gasteiger partial charge in [0.1, 0.15) is 5.82 Å². The smallest absolute Gasteiger partial charge is 0.241 e. The molecule has 0 spiro atoms. The molecule has 0 saturated carbocycles. The lowest BCUT2D eigenvalue weighted by Crippen LogP contribution is -2.52. The maximum absolute atomic E-state index is 12.8. The van der Waals surface area contributed by atoms with Crippen molar-refractivity contribution in [3.8, 4) is 0 Å². The van der Waals surface area contributed by atoms with Crippen molar-refractivity contribution >= 4 is 10.0 Å². The van der Waals surface area contributed by atoms with Crippen molar-refractivity contribution in [1.29, 1.82) is 0 Å². The normalized spacial score (nSPS) is 23.7. The first kappa shape index (κ1) is 14.4. The lowest BCUT2D eigenvalue weighted by atomic mass is 10.0. The molecular formula is C12H16FNO4S. The van der Waals surface area contributed by atoms with E-state index in [1.807, 2.05) is 0 Å². The fraction of sp³-hybridized carbons (Fsp3) is 0.500. The first-order chi connectivity index (χ1) is 8.97. The van der Waals surface area contributed by atoms with Gasteiger partial charge in [0.05, 0.1) is 23.6 Å². The lowest BCUT2D eigenvalue weighted by Gasteiger charge is -2.27. The van der Waals surface area contributed by atoms with Gasteiger partial charge in [-0.3, -0.25) is 0 Å². The average Bonchev–Trinajstić information content (AvgIpc) is 2.77. The number of ether oxygens (including phenoxy) is 2. The Kier molecular flexibility index (Phi) is 4.19. The zero-order valence-corrected chi connectivity index (χ0v) is 11.4. The van der Waals surface area contributed by atoms with Crippen molar-refractivity contribution in [2.75, 3.05) is 26.9 Å². The Morgan fingerprint density at radius 1 is 1.42 bits per heavy atom. The highest BCUT2D eigenvalue weighted by molar-refractivity contribution is 7.89. The molecule has 5 nitrogen and oxygen atoms in total. The highest BCUT2D eigenvalue weighted by Gasteiger charge is 2.39. The van der Waals surface area contributed by atoms with Crippen LogP contribution >= 0.6 is 0 Å². The van der Waals surface area contributed by atoms with Crippen LogP contribution in [0.5, 0.6) is 0 Å². The van der Waals surface area contributed by atoms with E-state index in [1.165, 1.54) is 19.2 Å². The van der Waals surface area contributed by atoms with E-state index in [-0.39, 0.29) is 18.1 Å². The molecule has 2 rings (SSSR count). The molecule has 1 atom stereocenters. The predicted octanol–water partition coefficient (Wildman–Crippen LogP) is 0.910. The maximum Gasteiger partial charge on any atom is 0.241 e. The molecule has 1 heterocycles.